The number of carbonyl (C=O) groups excluding carboxylic acids is 1. The van der Waals surface area contributed by atoms with Gasteiger partial charge >= 0.3 is 0 Å². The minimum absolute atomic E-state index is 0.113. The van der Waals surface area contributed by atoms with Crippen LogP contribution in [-0.4, -0.2) is 54.9 Å². The average Bonchev–Trinajstić information content (AvgIpc) is 3.09. The van der Waals surface area contributed by atoms with E-state index in [0.717, 1.165) is 0 Å². The van der Waals surface area contributed by atoms with Crippen molar-refractivity contribution in [3.63, 3.8) is 0 Å². The second-order valence-corrected chi connectivity index (χ2v) is 5.52. The highest BCUT2D eigenvalue weighted by Gasteiger charge is 2.62. The number of nitrogens with zero attached hydrogens (tertiary/aromatic N) is 4. The van der Waals surface area contributed by atoms with Crippen molar-refractivity contribution in [1.82, 2.24) is 19.5 Å². The van der Waals surface area contributed by atoms with E-state index < -0.39 is 29.9 Å². The van der Waals surface area contributed by atoms with Crippen LogP contribution in [0.4, 0.5) is 5.82 Å². The molecule has 2 fully saturated rings. The number of aromatic nitrogens is 4. The molecule has 0 spiro atoms. The lowest BCUT2D eigenvalue weighted by Crippen LogP contribution is -2.44. The van der Waals surface area contributed by atoms with E-state index in [1.165, 1.54) is 12.7 Å². The molecule has 2 aliphatic heterocycles. The molecule has 116 valence electrons. The van der Waals surface area contributed by atoms with Gasteiger partial charge in [-0.2, -0.15) is 0 Å². The van der Waals surface area contributed by atoms with Gasteiger partial charge in [0, 0.05) is 0 Å². The van der Waals surface area contributed by atoms with Gasteiger partial charge in [-0.25, -0.2) is 15.0 Å². The molecule has 22 heavy (non-hydrogen) atoms. The quantitative estimate of drug-likeness (QED) is 0.607. The monoisotopic (exact) mass is 306 g/mol. The normalized spacial score (nSPS) is 33.6. The largest absolute Gasteiger partial charge is 0.387 e. The molecule has 2 saturated heterocycles. The van der Waals surface area contributed by atoms with Gasteiger partial charge in [-0.1, -0.05) is 0 Å². The lowest BCUT2D eigenvalue weighted by Gasteiger charge is -2.30. The van der Waals surface area contributed by atoms with Crippen LogP contribution in [0.1, 0.15) is 12.6 Å². The van der Waals surface area contributed by atoms with E-state index in [1.807, 2.05) is 0 Å². The number of carbonyl (C=O) groups is 1. The Morgan fingerprint density at radius 2 is 2.32 bits per heavy atom. The molecule has 1 amide bonds. The molecule has 0 saturated carbocycles. The molecule has 2 aromatic heterocycles. The first-order chi connectivity index (χ1) is 10.5. The number of fused-ring (bicyclic) bond motifs is 3. The molecular weight excluding hydrogens is 292 g/mol. The number of imidazole rings is 1. The number of aliphatic hydroxyl groups is 1. The van der Waals surface area contributed by atoms with E-state index >= 15 is 0 Å². The Morgan fingerprint density at radius 3 is 3.09 bits per heavy atom. The summed E-state index contributed by atoms with van der Waals surface area (Å²) >= 11 is 0. The van der Waals surface area contributed by atoms with E-state index in [1.54, 1.807) is 4.57 Å². The summed E-state index contributed by atoms with van der Waals surface area (Å²) < 4.78 is 13.1. The maximum atomic E-state index is 11.3. The van der Waals surface area contributed by atoms with Gasteiger partial charge in [-0.15, -0.1) is 0 Å². The number of nitrogen functional groups attached to an aromatic ring is 1. The summed E-state index contributed by atoms with van der Waals surface area (Å²) in [5, 5.41) is 10.4. The Bertz CT molecular complexity index is 763. The predicted molar refractivity (Wildman–Crippen MR) is 72.1 cm³/mol. The van der Waals surface area contributed by atoms with E-state index in [0.29, 0.717) is 11.2 Å². The van der Waals surface area contributed by atoms with Crippen molar-refractivity contribution < 1.29 is 19.4 Å². The van der Waals surface area contributed by atoms with Crippen LogP contribution in [0.5, 0.6) is 0 Å². The van der Waals surface area contributed by atoms with Crippen molar-refractivity contribution >= 4 is 22.9 Å². The summed E-state index contributed by atoms with van der Waals surface area (Å²) in [5.74, 6) is -0.314. The zero-order valence-electron chi connectivity index (χ0n) is 11.4. The summed E-state index contributed by atoms with van der Waals surface area (Å²) in [6, 6.07) is 0. The predicted octanol–water partition coefficient (Wildman–Crippen LogP) is -1.69. The van der Waals surface area contributed by atoms with Gasteiger partial charge in [0.05, 0.1) is 19.4 Å². The number of anilines is 1. The Labute approximate surface area is 124 Å². The topological polar surface area (TPSA) is 151 Å². The first-order valence-corrected chi connectivity index (χ1v) is 6.71. The summed E-state index contributed by atoms with van der Waals surface area (Å²) in [5.41, 5.74) is 10.8. The Hall–Kier alpha value is -2.30. The number of hydrogen-bond acceptors (Lipinski definition) is 8. The molecule has 4 atom stereocenters. The summed E-state index contributed by atoms with van der Waals surface area (Å²) in [7, 11) is 0. The first-order valence-electron chi connectivity index (χ1n) is 6.71. The van der Waals surface area contributed by atoms with Gasteiger partial charge in [-0.05, 0) is 0 Å². The number of hydrogen-bond donors (Lipinski definition) is 3. The number of rotatable bonds is 3. The van der Waals surface area contributed by atoms with Crippen LogP contribution in [0, 0.1) is 0 Å². The lowest BCUT2D eigenvalue weighted by atomic mass is 9.95. The Balaban J connectivity index is 1.75. The van der Waals surface area contributed by atoms with E-state index in [9.17, 15) is 9.90 Å². The van der Waals surface area contributed by atoms with Gasteiger partial charge in [0.25, 0.3) is 0 Å². The third-order valence-corrected chi connectivity index (χ3v) is 4.14. The summed E-state index contributed by atoms with van der Waals surface area (Å²) in [4.78, 5) is 23.4. The van der Waals surface area contributed by atoms with Crippen LogP contribution in [0.3, 0.4) is 0 Å². The maximum absolute atomic E-state index is 11.3. The number of primary amides is 1. The molecule has 2 aromatic rings. The second kappa shape index (κ2) is 4.35. The van der Waals surface area contributed by atoms with Crippen LogP contribution < -0.4 is 11.5 Å². The van der Waals surface area contributed by atoms with Crippen LogP contribution in [0.15, 0.2) is 12.7 Å². The fourth-order valence-corrected chi connectivity index (χ4v) is 3.13. The van der Waals surface area contributed by atoms with Crippen molar-refractivity contribution in [3.8, 4) is 0 Å². The number of aliphatic hydroxyl groups excluding tert-OH is 1. The second-order valence-electron chi connectivity index (χ2n) is 5.52. The molecule has 10 nitrogen and oxygen atoms in total. The molecule has 0 unspecified atom stereocenters. The summed E-state index contributed by atoms with van der Waals surface area (Å²) in [6.45, 7) is 0.113. The highest BCUT2D eigenvalue weighted by Crippen LogP contribution is 2.47. The molecule has 4 heterocycles. The molecule has 2 bridgehead atoms. The molecule has 0 aliphatic carbocycles. The molecule has 0 radical (unpaired) electrons. The van der Waals surface area contributed by atoms with Crippen molar-refractivity contribution in [2.24, 2.45) is 5.73 Å². The van der Waals surface area contributed by atoms with Crippen molar-refractivity contribution in [3.05, 3.63) is 12.7 Å². The maximum Gasteiger partial charge on any atom is 0.220 e. The highest BCUT2D eigenvalue weighted by molar-refractivity contribution is 5.81. The van der Waals surface area contributed by atoms with Gasteiger partial charge < -0.3 is 26.0 Å². The van der Waals surface area contributed by atoms with Crippen LogP contribution in [0.2, 0.25) is 0 Å². The van der Waals surface area contributed by atoms with Crippen LogP contribution in [0.25, 0.3) is 11.2 Å². The molecule has 5 N–H and O–H groups in total. The fourth-order valence-electron chi connectivity index (χ4n) is 3.13. The number of ether oxygens (including phenoxy) is 2. The minimum atomic E-state index is -1.13. The number of nitrogens with two attached hydrogens (primary N) is 2. The van der Waals surface area contributed by atoms with Crippen molar-refractivity contribution in [1.29, 1.82) is 0 Å². The Kier molecular flexibility index (Phi) is 2.64. The fraction of sp³-hybridized carbons (Fsp3) is 0.500. The van der Waals surface area contributed by atoms with E-state index in [4.69, 9.17) is 20.9 Å². The third-order valence-electron chi connectivity index (χ3n) is 4.14. The molecular formula is C12H14N6O4. The van der Waals surface area contributed by atoms with Crippen molar-refractivity contribution in [2.75, 3.05) is 12.3 Å². The minimum Gasteiger partial charge on any atom is -0.387 e. The smallest absolute Gasteiger partial charge is 0.220 e. The molecule has 2 aliphatic rings. The SMILES string of the molecule is NC(=O)C[C@]12CO[C@@H]([C@H](n3cnc4c(N)ncnc43)O1)[C@@H]2O. The zero-order valence-corrected chi connectivity index (χ0v) is 11.4. The van der Waals surface area contributed by atoms with Crippen LogP contribution in [-0.2, 0) is 14.3 Å². The first kappa shape index (κ1) is 13.4. The standard InChI is InChI=1S/C12H14N6O4/c13-5(19)1-12-2-21-7(8(12)20)11(22-12)18-4-17-6-9(14)15-3-16-10(6)18/h3-4,7-8,11,20H,1-2H2,(H2,13,19)(H2,14,15,16)/t7-,8+,11-,12-/m1/s1. The summed E-state index contributed by atoms with van der Waals surface area (Å²) in [6.07, 6.45) is 0.441. The third kappa shape index (κ3) is 1.65. The molecule has 4 rings (SSSR count). The number of amides is 1. The van der Waals surface area contributed by atoms with Crippen molar-refractivity contribution in [2.45, 2.75) is 30.5 Å². The average molecular weight is 306 g/mol. The van der Waals surface area contributed by atoms with Gasteiger partial charge in [0.2, 0.25) is 5.91 Å². The zero-order chi connectivity index (χ0) is 15.5. The van der Waals surface area contributed by atoms with Gasteiger partial charge in [-0.3, -0.25) is 9.36 Å². The lowest BCUT2D eigenvalue weighted by molar-refractivity contribution is -0.177. The van der Waals surface area contributed by atoms with Gasteiger partial charge in [0.15, 0.2) is 17.7 Å². The van der Waals surface area contributed by atoms with E-state index in [2.05, 4.69) is 15.0 Å². The van der Waals surface area contributed by atoms with E-state index in [-0.39, 0.29) is 18.8 Å². The van der Waals surface area contributed by atoms with Gasteiger partial charge in [0.1, 0.15) is 29.7 Å². The molecule has 0 aromatic carbocycles. The molecule has 10 heteroatoms. The Morgan fingerprint density at radius 1 is 1.50 bits per heavy atom. The van der Waals surface area contributed by atoms with Crippen LogP contribution >= 0.6 is 0 Å². The highest BCUT2D eigenvalue weighted by atomic mass is 16.6.